The van der Waals surface area contributed by atoms with Crippen LogP contribution in [0, 0.1) is 20.8 Å². The zero-order valence-electron chi connectivity index (χ0n) is 12.9. The summed E-state index contributed by atoms with van der Waals surface area (Å²) >= 11 is 0. The molecule has 4 heteroatoms. The van der Waals surface area contributed by atoms with Gasteiger partial charge in [0.25, 0.3) is 0 Å². The zero-order chi connectivity index (χ0) is 15.7. The van der Waals surface area contributed by atoms with Crippen molar-refractivity contribution in [2.24, 2.45) is 0 Å². The Kier molecular flexibility index (Phi) is 3.67. The molecule has 0 aliphatic heterocycles. The normalized spacial score (nSPS) is 10.9. The highest BCUT2D eigenvalue weighted by atomic mass is 16.3. The molecule has 0 radical (unpaired) electrons. The maximum absolute atomic E-state index is 12.2. The van der Waals surface area contributed by atoms with E-state index in [2.05, 4.69) is 16.4 Å². The van der Waals surface area contributed by atoms with Crippen LogP contribution in [0.5, 0.6) is 0 Å². The summed E-state index contributed by atoms with van der Waals surface area (Å²) in [5, 5.41) is 3.82. The Bertz CT molecular complexity index is 849. The monoisotopic (exact) mass is 294 g/mol. The van der Waals surface area contributed by atoms with E-state index in [9.17, 15) is 4.79 Å². The van der Waals surface area contributed by atoms with Crippen LogP contribution < -0.4 is 5.32 Å². The van der Waals surface area contributed by atoms with Crippen LogP contribution in [0.1, 0.15) is 22.4 Å². The first-order valence-corrected chi connectivity index (χ1v) is 7.24. The first-order valence-electron chi connectivity index (χ1n) is 7.24. The average Bonchev–Trinajstić information content (AvgIpc) is 2.86. The van der Waals surface area contributed by atoms with E-state index >= 15 is 0 Å². The molecular formula is C18H18N2O2. The van der Waals surface area contributed by atoms with Gasteiger partial charge in [0.05, 0.1) is 12.7 Å². The van der Waals surface area contributed by atoms with Crippen molar-refractivity contribution in [3.63, 3.8) is 0 Å². The van der Waals surface area contributed by atoms with Crippen LogP contribution in [-0.2, 0) is 11.2 Å². The SMILES string of the molecule is Cc1cccc(NC(=O)Cc2coc3c(C)c(C)ccc23)n1. The number of aryl methyl sites for hydroxylation is 3. The average molecular weight is 294 g/mol. The molecule has 0 aliphatic rings. The lowest BCUT2D eigenvalue weighted by Gasteiger charge is -2.05. The van der Waals surface area contributed by atoms with Gasteiger partial charge in [0.2, 0.25) is 5.91 Å². The number of pyridine rings is 1. The van der Waals surface area contributed by atoms with Crippen molar-refractivity contribution in [1.29, 1.82) is 0 Å². The highest BCUT2D eigenvalue weighted by molar-refractivity contribution is 5.95. The van der Waals surface area contributed by atoms with Gasteiger partial charge in [-0.05, 0) is 44.0 Å². The topological polar surface area (TPSA) is 55.1 Å². The van der Waals surface area contributed by atoms with Crippen LogP contribution in [0.3, 0.4) is 0 Å². The maximum atomic E-state index is 12.2. The largest absolute Gasteiger partial charge is 0.464 e. The molecule has 1 amide bonds. The molecule has 2 heterocycles. The van der Waals surface area contributed by atoms with Crippen LogP contribution in [0.2, 0.25) is 0 Å². The zero-order valence-corrected chi connectivity index (χ0v) is 12.9. The number of nitrogens with one attached hydrogen (secondary N) is 1. The number of rotatable bonds is 3. The van der Waals surface area contributed by atoms with E-state index < -0.39 is 0 Å². The second-order valence-electron chi connectivity index (χ2n) is 5.53. The van der Waals surface area contributed by atoms with Gasteiger partial charge in [0.15, 0.2) is 0 Å². The van der Waals surface area contributed by atoms with E-state index in [1.54, 1.807) is 12.3 Å². The van der Waals surface area contributed by atoms with E-state index in [1.165, 1.54) is 5.56 Å². The molecule has 0 atom stereocenters. The third kappa shape index (κ3) is 2.72. The van der Waals surface area contributed by atoms with Gasteiger partial charge in [-0.1, -0.05) is 18.2 Å². The van der Waals surface area contributed by atoms with Gasteiger partial charge in [-0.2, -0.15) is 0 Å². The van der Waals surface area contributed by atoms with Crippen molar-refractivity contribution < 1.29 is 9.21 Å². The molecule has 0 bridgehead atoms. The fraction of sp³-hybridized carbons (Fsp3) is 0.222. The Balaban J connectivity index is 1.81. The molecule has 2 aromatic heterocycles. The van der Waals surface area contributed by atoms with Crippen LogP contribution in [0.4, 0.5) is 5.82 Å². The van der Waals surface area contributed by atoms with E-state index in [1.807, 2.05) is 39.0 Å². The van der Waals surface area contributed by atoms with Gasteiger partial charge in [0.1, 0.15) is 11.4 Å². The first-order chi connectivity index (χ1) is 10.5. The first kappa shape index (κ1) is 14.3. The van der Waals surface area contributed by atoms with Crippen molar-refractivity contribution in [2.75, 3.05) is 5.32 Å². The molecule has 22 heavy (non-hydrogen) atoms. The predicted molar refractivity (Wildman–Crippen MR) is 87.0 cm³/mol. The summed E-state index contributed by atoms with van der Waals surface area (Å²) in [6.07, 6.45) is 1.94. The molecule has 0 saturated heterocycles. The molecule has 0 spiro atoms. The summed E-state index contributed by atoms with van der Waals surface area (Å²) in [4.78, 5) is 16.5. The molecule has 0 aliphatic carbocycles. The molecular weight excluding hydrogens is 276 g/mol. The number of nitrogens with zero attached hydrogens (tertiary/aromatic N) is 1. The predicted octanol–water partition coefficient (Wildman–Crippen LogP) is 3.93. The number of aromatic nitrogens is 1. The Hall–Kier alpha value is -2.62. The van der Waals surface area contributed by atoms with Crippen LogP contribution in [0.15, 0.2) is 41.0 Å². The molecule has 3 rings (SSSR count). The molecule has 3 aromatic rings. The van der Waals surface area contributed by atoms with Gasteiger partial charge in [-0.25, -0.2) is 4.98 Å². The molecule has 0 saturated carbocycles. The number of furan rings is 1. The fourth-order valence-electron chi connectivity index (χ4n) is 2.50. The Morgan fingerprint density at radius 3 is 2.77 bits per heavy atom. The lowest BCUT2D eigenvalue weighted by molar-refractivity contribution is -0.115. The van der Waals surface area contributed by atoms with Crippen molar-refractivity contribution >= 4 is 22.7 Å². The lowest BCUT2D eigenvalue weighted by Crippen LogP contribution is -2.15. The minimum Gasteiger partial charge on any atom is -0.464 e. The highest BCUT2D eigenvalue weighted by Crippen LogP contribution is 2.26. The molecule has 0 unspecified atom stereocenters. The van der Waals surface area contributed by atoms with Gasteiger partial charge in [-0.15, -0.1) is 0 Å². The van der Waals surface area contributed by atoms with Gasteiger partial charge < -0.3 is 9.73 Å². The molecule has 1 N–H and O–H groups in total. The Labute approximate surface area is 129 Å². The minimum absolute atomic E-state index is 0.0981. The van der Waals surface area contributed by atoms with Crippen molar-refractivity contribution in [3.05, 3.63) is 59.0 Å². The summed E-state index contributed by atoms with van der Waals surface area (Å²) in [7, 11) is 0. The quantitative estimate of drug-likeness (QED) is 0.796. The lowest BCUT2D eigenvalue weighted by atomic mass is 10.0. The Morgan fingerprint density at radius 1 is 1.18 bits per heavy atom. The number of hydrogen-bond donors (Lipinski definition) is 1. The maximum Gasteiger partial charge on any atom is 0.230 e. The summed E-state index contributed by atoms with van der Waals surface area (Å²) in [5.41, 5.74) is 4.92. The number of anilines is 1. The Morgan fingerprint density at radius 2 is 2.00 bits per heavy atom. The summed E-state index contributed by atoms with van der Waals surface area (Å²) in [5.74, 6) is 0.476. The van der Waals surface area contributed by atoms with Crippen molar-refractivity contribution in [2.45, 2.75) is 27.2 Å². The number of carbonyl (C=O) groups excluding carboxylic acids is 1. The van der Waals surface area contributed by atoms with Gasteiger partial charge in [0, 0.05) is 16.6 Å². The standard InChI is InChI=1S/C18H18N2O2/c1-11-7-8-15-14(10-22-18(15)13(11)3)9-17(21)20-16-6-4-5-12(2)19-16/h4-8,10H,9H2,1-3H3,(H,19,20,21). The summed E-state index contributed by atoms with van der Waals surface area (Å²) < 4.78 is 5.64. The second kappa shape index (κ2) is 5.64. The third-order valence-corrected chi connectivity index (χ3v) is 3.85. The van der Waals surface area contributed by atoms with E-state index in [0.29, 0.717) is 5.82 Å². The van der Waals surface area contributed by atoms with E-state index in [-0.39, 0.29) is 12.3 Å². The molecule has 1 aromatic carbocycles. The molecule has 0 fully saturated rings. The van der Waals surface area contributed by atoms with Crippen LogP contribution >= 0.6 is 0 Å². The smallest absolute Gasteiger partial charge is 0.230 e. The van der Waals surface area contributed by atoms with Crippen LogP contribution in [-0.4, -0.2) is 10.9 Å². The second-order valence-corrected chi connectivity index (χ2v) is 5.53. The molecule has 4 nitrogen and oxygen atoms in total. The van der Waals surface area contributed by atoms with E-state index in [4.69, 9.17) is 4.42 Å². The number of carbonyl (C=O) groups is 1. The minimum atomic E-state index is -0.0981. The van der Waals surface area contributed by atoms with Gasteiger partial charge in [-0.3, -0.25) is 4.79 Å². The fourth-order valence-corrected chi connectivity index (χ4v) is 2.50. The van der Waals surface area contributed by atoms with Crippen molar-refractivity contribution in [1.82, 2.24) is 4.98 Å². The number of hydrogen-bond acceptors (Lipinski definition) is 3. The van der Waals surface area contributed by atoms with E-state index in [0.717, 1.165) is 27.8 Å². The van der Waals surface area contributed by atoms with Crippen LogP contribution in [0.25, 0.3) is 11.0 Å². The third-order valence-electron chi connectivity index (χ3n) is 3.85. The number of benzene rings is 1. The van der Waals surface area contributed by atoms with Crippen molar-refractivity contribution in [3.8, 4) is 0 Å². The summed E-state index contributed by atoms with van der Waals surface area (Å²) in [6.45, 7) is 5.97. The number of fused-ring (bicyclic) bond motifs is 1. The number of amides is 1. The highest BCUT2D eigenvalue weighted by Gasteiger charge is 2.13. The van der Waals surface area contributed by atoms with Gasteiger partial charge >= 0.3 is 0 Å². The molecule has 112 valence electrons. The summed E-state index contributed by atoms with van der Waals surface area (Å²) in [6, 6.07) is 9.61.